The van der Waals surface area contributed by atoms with Gasteiger partial charge < -0.3 is 96.5 Å². The maximum absolute atomic E-state index is 14.1. The normalized spacial score (nSPS) is 17.3. The molecule has 4 aliphatic rings. The van der Waals surface area contributed by atoms with Crippen LogP contribution in [0.5, 0.6) is 17.2 Å². The number of phenolic OH excluding ortho intramolecular Hbond substituents is 1. The summed E-state index contributed by atoms with van der Waals surface area (Å²) in [6.07, 6.45) is 24.9. The van der Waals surface area contributed by atoms with Crippen LogP contribution in [0.3, 0.4) is 0 Å². The number of carbonyl (C=O) groups excluding carboxylic acids is 13. The van der Waals surface area contributed by atoms with Crippen molar-refractivity contribution < 1.29 is 106 Å². The monoisotopic (exact) mass is 1860 g/mol. The Morgan fingerprint density at radius 2 is 1.04 bits per heavy atom. The van der Waals surface area contributed by atoms with Gasteiger partial charge in [0, 0.05) is 32.4 Å². The van der Waals surface area contributed by atoms with E-state index in [1.165, 1.54) is 58.5 Å². The van der Waals surface area contributed by atoms with E-state index in [4.69, 9.17) is 38.3 Å². The smallest absolute Gasteiger partial charge is 0.408 e. The summed E-state index contributed by atoms with van der Waals surface area (Å²) in [4.78, 5) is 171. The number of fused-ring (bicyclic) bond motifs is 2. The summed E-state index contributed by atoms with van der Waals surface area (Å²) in [6.45, 7) is 23.1. The van der Waals surface area contributed by atoms with Gasteiger partial charge in [0.25, 0.3) is 5.91 Å². The van der Waals surface area contributed by atoms with Gasteiger partial charge >= 0.3 is 36.1 Å². The Kier molecular flexibility index (Phi) is 50.9. The van der Waals surface area contributed by atoms with E-state index >= 15 is 0 Å². The number of aliphatic hydroxyl groups excluding tert-OH is 1. The zero-order valence-electron chi connectivity index (χ0n) is 81.2. The van der Waals surface area contributed by atoms with Crippen LogP contribution >= 0.6 is 0 Å². The Hall–Kier alpha value is -11.1. The molecule has 32 heteroatoms. The molecule has 4 aromatic carbocycles. The number of aromatic hydroxyl groups is 1. The van der Waals surface area contributed by atoms with Crippen LogP contribution in [0.2, 0.25) is 0 Å². The molecule has 1 heterocycles. The van der Waals surface area contributed by atoms with E-state index in [2.05, 4.69) is 67.0 Å². The number of esters is 3. The van der Waals surface area contributed by atoms with Crippen LogP contribution < -0.4 is 62.6 Å². The predicted molar refractivity (Wildman–Crippen MR) is 507 cm³/mol. The lowest BCUT2D eigenvalue weighted by molar-refractivity contribution is -0.159. The van der Waals surface area contributed by atoms with Gasteiger partial charge in [-0.1, -0.05) is 190 Å². The zero-order chi connectivity index (χ0) is 97.9. The molecule has 2 bridgehead atoms. The van der Waals surface area contributed by atoms with Gasteiger partial charge in [-0.05, 0) is 216 Å². The molecule has 10 amide bonds. The summed E-state index contributed by atoms with van der Waals surface area (Å²) in [5.41, 5.74) is 0.458. The van der Waals surface area contributed by atoms with Crippen LogP contribution in [-0.2, 0) is 90.9 Å². The van der Waals surface area contributed by atoms with Gasteiger partial charge in [0.05, 0.1) is 40.0 Å². The fraction of sp³-hybridized carbons (Fsp3) is 0.634. The summed E-state index contributed by atoms with van der Waals surface area (Å²) in [5.74, 6) is -5.58. The molecule has 0 saturated heterocycles. The highest BCUT2D eigenvalue weighted by Gasteiger charge is 2.40. The highest BCUT2D eigenvalue weighted by Crippen LogP contribution is 2.32. The average Bonchev–Trinajstić information content (AvgIpc) is 1.25. The van der Waals surface area contributed by atoms with Gasteiger partial charge in [-0.15, -0.1) is 0 Å². The van der Waals surface area contributed by atoms with Crippen LogP contribution in [0, 0.1) is 17.8 Å². The van der Waals surface area contributed by atoms with Crippen molar-refractivity contribution in [2.75, 3.05) is 47.1 Å². The van der Waals surface area contributed by atoms with E-state index in [9.17, 15) is 67.4 Å². The van der Waals surface area contributed by atoms with Crippen LogP contribution in [-0.4, -0.2) is 194 Å². The number of hydrogen-bond donors (Lipinski definition) is 12. The number of aliphatic hydroxyl groups is 1. The first kappa shape index (κ1) is 112. The summed E-state index contributed by atoms with van der Waals surface area (Å²) >= 11 is 0. The van der Waals surface area contributed by atoms with Crippen LogP contribution in [0.25, 0.3) is 0 Å². The molecule has 32 nitrogen and oxygen atoms in total. The molecule has 0 aromatic heterocycles. The lowest BCUT2D eigenvalue weighted by Gasteiger charge is -2.31. The summed E-state index contributed by atoms with van der Waals surface area (Å²) in [7, 11) is 2.55. The second-order valence-corrected chi connectivity index (χ2v) is 37.6. The highest BCUT2D eigenvalue weighted by molar-refractivity contribution is 6.38. The Labute approximate surface area is 787 Å². The SMILES string of the molecule is CCCC(NC(=O)[C@@H]1Cc2cccc(c2)OCCCCCNC(=O)N[C@@H](C2CCCCC2)C(=O)N1)C(=O)C(=O)NCC(=O)N[C@H](C(=O)OC(C)(C)C)c1ccccc1.CCCCCCO.CCCCCCOc1cccc(C[C@H](NC(=O)[C@@H](NC(=O)OC(C)(C)C)C2CCCCC2)C(=O)OC)c1.COC(=O)[C@H](Cc1cccc(O)c1)NC(=O)[C@@H](NC(=O)OC(C)(C)C)C1CCCCC1. The Balaban J connectivity index is 0.000000359. The van der Waals surface area contributed by atoms with Crippen LogP contribution in [0.1, 0.15) is 291 Å². The molecule has 8 atom stereocenters. The van der Waals surface area contributed by atoms with E-state index in [0.29, 0.717) is 55.2 Å². The largest absolute Gasteiger partial charge is 0.508 e. The topological polar surface area (TPSA) is 447 Å². The van der Waals surface area contributed by atoms with Gasteiger partial charge in [-0.2, -0.15) is 0 Å². The van der Waals surface area contributed by atoms with Crippen LogP contribution in [0.4, 0.5) is 14.4 Å². The number of ketones is 1. The van der Waals surface area contributed by atoms with Crippen molar-refractivity contribution in [2.24, 2.45) is 17.8 Å². The summed E-state index contributed by atoms with van der Waals surface area (Å²) in [5, 5.41) is 45.2. The number of benzene rings is 4. The maximum Gasteiger partial charge on any atom is 0.408 e. The standard InChI is InChI=1S/C43H60N6O9.C29H46N2O6.C23H34N2O6.C6H14O/c1-5-16-32(37(51)40(54)45-27-34(50)48-36(30-20-11-7-12-21-30)41(55)58-43(2,3)4)46-38(52)33-26-28-17-15-22-31(25-28)57-24-14-8-13-23-44-42(56)49-35(39(53)47-33)29-18-9-6-10-19-29;1-6-7-8-12-18-36-23-17-13-14-21(19-23)20-24(27(33)35-5)30-26(32)25(22-15-10-9-11-16-22)31-28(34)37-29(2,3)4;1-23(2,3)31-22(29)25-19(16-10-6-5-7-11-16)20(27)24-18(21(28)30-4)14-15-9-8-12-17(26)13-15;1-2-3-4-5-6-7/h7,11-12,15,17,20-22,25,29,32-33,35-36H,5-6,8-10,13-14,16,18-19,23-24,26-27H2,1-4H3,(H,45,54)(H,46,52)(H,47,53)(H,48,50)(H2,44,49,56);13-14,17,19,22,24-25H,6-12,15-16,18,20H2,1-5H3,(H,30,32)(H,31,34);8-9,12-13,16,18-19,26H,5-7,10-11,14H2,1-4H3,(H,24,27)(H,25,29);7H,2-6H2,1H3/t32?,33-,35-,36-;24-,25-;18-,19-;/m000./s1. The highest BCUT2D eigenvalue weighted by atomic mass is 16.6. The Morgan fingerprint density at radius 1 is 0.511 bits per heavy atom. The number of phenols is 1. The molecule has 740 valence electrons. The van der Waals surface area contributed by atoms with Gasteiger partial charge in [0.2, 0.25) is 35.3 Å². The predicted octanol–water partition coefficient (Wildman–Crippen LogP) is 13.6. The molecule has 12 N–H and O–H groups in total. The molecule has 1 unspecified atom stereocenters. The number of rotatable bonds is 36. The fourth-order valence-electron chi connectivity index (χ4n) is 16.0. The van der Waals surface area contributed by atoms with E-state index in [1.54, 1.807) is 130 Å². The number of nitrogens with one attached hydrogen (secondary N) is 10. The third-order valence-corrected chi connectivity index (χ3v) is 22.7. The maximum atomic E-state index is 14.1. The number of ether oxygens (including phenoxy) is 7. The number of alkyl carbamates (subject to hydrolysis) is 2. The molecule has 0 radical (unpaired) electrons. The second-order valence-electron chi connectivity index (χ2n) is 37.6. The van der Waals surface area contributed by atoms with E-state index in [1.807, 2.05) is 30.3 Å². The number of carbonyl (C=O) groups is 13. The number of methoxy groups -OCH3 is 2. The van der Waals surface area contributed by atoms with Crippen molar-refractivity contribution in [3.63, 3.8) is 0 Å². The van der Waals surface area contributed by atoms with Crippen LogP contribution in [0.15, 0.2) is 103 Å². The van der Waals surface area contributed by atoms with E-state index < -0.39 is 149 Å². The first-order valence-electron chi connectivity index (χ1n) is 48.0. The third-order valence-electron chi connectivity index (χ3n) is 22.7. The van der Waals surface area contributed by atoms with E-state index in [-0.39, 0.29) is 49.2 Å². The Morgan fingerprint density at radius 3 is 1.56 bits per heavy atom. The summed E-state index contributed by atoms with van der Waals surface area (Å²) < 4.78 is 37.9. The molecular formula is C101H154N10O22. The fourth-order valence-corrected chi connectivity index (χ4v) is 16.0. The lowest BCUT2D eigenvalue weighted by Crippen LogP contribution is -2.59. The number of urea groups is 1. The number of Topliss-reactive ketones (excluding diaryl/α,β-unsaturated/α-hetero) is 1. The van der Waals surface area contributed by atoms with Gasteiger partial charge in [-0.3, -0.25) is 33.6 Å². The lowest BCUT2D eigenvalue weighted by atomic mass is 9.83. The molecular weight excluding hydrogens is 1710 g/mol. The van der Waals surface area contributed by atoms with Gasteiger partial charge in [-0.25, -0.2) is 28.8 Å². The third kappa shape index (κ3) is 45.0. The molecule has 3 fully saturated rings. The Bertz CT molecular complexity index is 4240. The second kappa shape index (κ2) is 60.3. The number of hydrogen-bond acceptors (Lipinski definition) is 22. The first-order valence-corrected chi connectivity index (χ1v) is 48.0. The average molecular weight is 1860 g/mol. The first-order chi connectivity index (χ1) is 63.4. The quantitative estimate of drug-likeness (QED) is 0.00871. The minimum absolute atomic E-state index is 0.0241. The van der Waals surface area contributed by atoms with E-state index in [0.717, 1.165) is 146 Å². The van der Waals surface area contributed by atoms with Crippen molar-refractivity contribution in [1.29, 1.82) is 0 Å². The zero-order valence-corrected chi connectivity index (χ0v) is 81.2. The molecule has 4 aromatic rings. The molecule has 133 heavy (non-hydrogen) atoms. The minimum atomic E-state index is -1.28. The minimum Gasteiger partial charge on any atom is -0.508 e. The van der Waals surface area contributed by atoms with Gasteiger partial charge in [0.15, 0.2) is 6.04 Å². The summed E-state index contributed by atoms with van der Waals surface area (Å²) in [6, 6.07) is 21.2. The molecule has 0 spiro atoms. The van der Waals surface area contributed by atoms with Crippen molar-refractivity contribution in [1.82, 2.24) is 53.2 Å². The van der Waals surface area contributed by atoms with Crippen molar-refractivity contribution in [2.45, 2.75) is 347 Å². The van der Waals surface area contributed by atoms with Crippen molar-refractivity contribution in [3.05, 3.63) is 125 Å². The molecule has 1 aliphatic heterocycles. The molecule has 8 rings (SSSR count). The van der Waals surface area contributed by atoms with Gasteiger partial charge in [0.1, 0.15) is 70.3 Å². The molecule has 3 aliphatic carbocycles. The number of amides is 10. The number of unbranched alkanes of at least 4 members (excludes halogenated alkanes) is 6. The van der Waals surface area contributed by atoms with Crippen molar-refractivity contribution >= 4 is 77.4 Å². The molecule has 3 saturated carbocycles. The van der Waals surface area contributed by atoms with Crippen molar-refractivity contribution in [3.8, 4) is 17.2 Å².